The maximum atomic E-state index is 13.6. The van der Waals surface area contributed by atoms with Crippen molar-refractivity contribution in [1.82, 2.24) is 10.0 Å². The molecule has 0 bridgehead atoms. The molecule has 1 fully saturated rings. The molecule has 1 aliphatic carbocycles. The highest BCUT2D eigenvalue weighted by molar-refractivity contribution is 7.89. The molecule has 6 nitrogen and oxygen atoms in total. The van der Waals surface area contributed by atoms with E-state index in [1.807, 2.05) is 0 Å². The van der Waals surface area contributed by atoms with Crippen LogP contribution in [0.15, 0.2) is 23.1 Å². The van der Waals surface area contributed by atoms with Crippen molar-refractivity contribution >= 4 is 21.6 Å². The first-order valence-corrected chi connectivity index (χ1v) is 7.66. The minimum Gasteiger partial charge on any atom is -0.398 e. The molecule has 1 aromatic carbocycles. The van der Waals surface area contributed by atoms with Crippen LogP contribution in [-0.4, -0.2) is 26.4 Å². The standard InChI is InChI=1S/C12H16FN3O3S/c1-7(12(17)15-8-5-6-8)16-20(18,19)11-9(13)3-2-4-10(11)14/h2-4,7-8,16H,5-6,14H2,1H3,(H,15,17). The van der Waals surface area contributed by atoms with Crippen LogP contribution in [0.2, 0.25) is 0 Å². The maximum Gasteiger partial charge on any atom is 0.246 e. The third kappa shape index (κ3) is 3.26. The smallest absolute Gasteiger partial charge is 0.246 e. The lowest BCUT2D eigenvalue weighted by molar-refractivity contribution is -0.122. The molecule has 1 saturated carbocycles. The normalized spacial score (nSPS) is 16.7. The van der Waals surface area contributed by atoms with Crippen molar-refractivity contribution in [3.8, 4) is 0 Å². The van der Waals surface area contributed by atoms with Gasteiger partial charge in [0.2, 0.25) is 15.9 Å². The van der Waals surface area contributed by atoms with E-state index in [9.17, 15) is 17.6 Å². The van der Waals surface area contributed by atoms with Gasteiger partial charge in [0.05, 0.1) is 11.7 Å². The second kappa shape index (κ2) is 5.37. The molecular weight excluding hydrogens is 285 g/mol. The number of hydrogen-bond acceptors (Lipinski definition) is 4. The summed E-state index contributed by atoms with van der Waals surface area (Å²) in [6.07, 6.45) is 1.79. The summed E-state index contributed by atoms with van der Waals surface area (Å²) in [5.74, 6) is -1.39. The second-order valence-electron chi connectivity index (χ2n) is 4.78. The Balaban J connectivity index is 2.16. The lowest BCUT2D eigenvalue weighted by Gasteiger charge is -2.15. The molecule has 8 heteroatoms. The molecular formula is C12H16FN3O3S. The molecule has 1 aliphatic rings. The Morgan fingerprint density at radius 1 is 1.45 bits per heavy atom. The predicted molar refractivity (Wildman–Crippen MR) is 71.8 cm³/mol. The van der Waals surface area contributed by atoms with Crippen LogP contribution in [-0.2, 0) is 14.8 Å². The van der Waals surface area contributed by atoms with Gasteiger partial charge in [-0.05, 0) is 31.9 Å². The number of benzene rings is 1. The largest absolute Gasteiger partial charge is 0.398 e. The van der Waals surface area contributed by atoms with Crippen molar-refractivity contribution in [2.45, 2.75) is 36.7 Å². The molecule has 2 rings (SSSR count). The number of carbonyl (C=O) groups is 1. The van der Waals surface area contributed by atoms with Gasteiger partial charge in [0.25, 0.3) is 0 Å². The predicted octanol–water partition coefficient (Wildman–Crippen LogP) is 0.353. The van der Waals surface area contributed by atoms with Crippen LogP contribution in [0.4, 0.5) is 10.1 Å². The molecule has 4 N–H and O–H groups in total. The van der Waals surface area contributed by atoms with Crippen molar-refractivity contribution < 1.29 is 17.6 Å². The van der Waals surface area contributed by atoms with Gasteiger partial charge < -0.3 is 11.1 Å². The fourth-order valence-electron chi connectivity index (χ4n) is 1.71. The zero-order chi connectivity index (χ0) is 14.9. The SMILES string of the molecule is CC(NS(=O)(=O)c1c(N)cccc1F)C(=O)NC1CC1. The fourth-order valence-corrected chi connectivity index (χ4v) is 3.10. The molecule has 1 atom stereocenters. The fraction of sp³-hybridized carbons (Fsp3) is 0.417. The molecule has 0 heterocycles. The molecule has 1 unspecified atom stereocenters. The van der Waals surface area contributed by atoms with Gasteiger partial charge in [0, 0.05) is 6.04 Å². The molecule has 0 aromatic heterocycles. The first-order valence-electron chi connectivity index (χ1n) is 6.18. The summed E-state index contributed by atoms with van der Waals surface area (Å²) in [6.45, 7) is 1.40. The summed E-state index contributed by atoms with van der Waals surface area (Å²) in [4.78, 5) is 11.1. The van der Waals surface area contributed by atoms with Crippen LogP contribution in [0.3, 0.4) is 0 Å². The van der Waals surface area contributed by atoms with E-state index >= 15 is 0 Å². The molecule has 0 aliphatic heterocycles. The average Bonchev–Trinajstić information content (AvgIpc) is 3.11. The number of carbonyl (C=O) groups excluding carboxylic acids is 1. The van der Waals surface area contributed by atoms with Crippen LogP contribution in [0, 0.1) is 5.82 Å². The Kier molecular flexibility index (Phi) is 3.96. The van der Waals surface area contributed by atoms with Crippen molar-refractivity contribution in [1.29, 1.82) is 0 Å². The van der Waals surface area contributed by atoms with E-state index < -0.39 is 32.7 Å². The van der Waals surface area contributed by atoms with Crippen LogP contribution in [0.25, 0.3) is 0 Å². The Morgan fingerprint density at radius 3 is 2.65 bits per heavy atom. The molecule has 0 spiro atoms. The first kappa shape index (κ1) is 14.7. The Bertz CT molecular complexity index is 609. The average molecular weight is 301 g/mol. The zero-order valence-corrected chi connectivity index (χ0v) is 11.7. The van der Waals surface area contributed by atoms with Crippen molar-refractivity contribution in [3.05, 3.63) is 24.0 Å². The van der Waals surface area contributed by atoms with Gasteiger partial charge in [-0.1, -0.05) is 6.07 Å². The molecule has 1 aromatic rings. The third-order valence-electron chi connectivity index (χ3n) is 2.92. The quantitative estimate of drug-likeness (QED) is 0.683. The molecule has 0 radical (unpaired) electrons. The van der Waals surface area contributed by atoms with Gasteiger partial charge in [-0.2, -0.15) is 4.72 Å². The molecule has 1 amide bonds. The van der Waals surface area contributed by atoms with E-state index in [-0.39, 0.29) is 11.7 Å². The number of nitrogens with two attached hydrogens (primary N) is 1. The van der Waals surface area contributed by atoms with Gasteiger partial charge in [0.1, 0.15) is 10.7 Å². The van der Waals surface area contributed by atoms with E-state index in [4.69, 9.17) is 5.73 Å². The Hall–Kier alpha value is -1.67. The number of halogens is 1. The number of amides is 1. The minimum atomic E-state index is -4.19. The van der Waals surface area contributed by atoms with E-state index in [1.165, 1.54) is 19.1 Å². The van der Waals surface area contributed by atoms with Gasteiger partial charge >= 0.3 is 0 Å². The first-order chi connectivity index (χ1) is 9.31. The topological polar surface area (TPSA) is 101 Å². The van der Waals surface area contributed by atoms with E-state index in [1.54, 1.807) is 0 Å². The highest BCUT2D eigenvalue weighted by Gasteiger charge is 2.29. The van der Waals surface area contributed by atoms with Gasteiger partial charge in [0.15, 0.2) is 0 Å². The maximum absolute atomic E-state index is 13.6. The molecule has 110 valence electrons. The monoisotopic (exact) mass is 301 g/mol. The van der Waals surface area contributed by atoms with Crippen LogP contribution >= 0.6 is 0 Å². The zero-order valence-electron chi connectivity index (χ0n) is 10.9. The van der Waals surface area contributed by atoms with Crippen LogP contribution in [0.1, 0.15) is 19.8 Å². The van der Waals surface area contributed by atoms with E-state index in [2.05, 4.69) is 10.0 Å². The van der Waals surface area contributed by atoms with Crippen molar-refractivity contribution in [2.24, 2.45) is 0 Å². The number of hydrogen-bond donors (Lipinski definition) is 3. The number of rotatable bonds is 5. The van der Waals surface area contributed by atoms with Gasteiger partial charge in [-0.15, -0.1) is 0 Å². The van der Waals surface area contributed by atoms with Crippen molar-refractivity contribution in [3.63, 3.8) is 0 Å². The Morgan fingerprint density at radius 2 is 2.10 bits per heavy atom. The van der Waals surface area contributed by atoms with Gasteiger partial charge in [-0.3, -0.25) is 4.79 Å². The van der Waals surface area contributed by atoms with Crippen LogP contribution < -0.4 is 15.8 Å². The van der Waals surface area contributed by atoms with Crippen molar-refractivity contribution in [2.75, 3.05) is 5.73 Å². The minimum absolute atomic E-state index is 0.119. The van der Waals surface area contributed by atoms with Crippen LogP contribution in [0.5, 0.6) is 0 Å². The number of nitrogen functional groups attached to an aromatic ring is 1. The third-order valence-corrected chi connectivity index (χ3v) is 4.55. The summed E-state index contributed by atoms with van der Waals surface area (Å²) in [7, 11) is -4.19. The summed E-state index contributed by atoms with van der Waals surface area (Å²) >= 11 is 0. The molecule has 0 saturated heterocycles. The summed E-state index contributed by atoms with van der Waals surface area (Å²) in [5.41, 5.74) is 5.29. The summed E-state index contributed by atoms with van der Waals surface area (Å²) in [5, 5.41) is 2.67. The van der Waals surface area contributed by atoms with E-state index in [0.29, 0.717) is 0 Å². The Labute approximate surface area is 116 Å². The molecule has 20 heavy (non-hydrogen) atoms. The van der Waals surface area contributed by atoms with E-state index in [0.717, 1.165) is 18.9 Å². The highest BCUT2D eigenvalue weighted by Crippen LogP contribution is 2.22. The van der Waals surface area contributed by atoms with Gasteiger partial charge in [-0.25, -0.2) is 12.8 Å². The number of anilines is 1. The summed E-state index contributed by atoms with van der Waals surface area (Å²) in [6, 6.07) is 2.71. The second-order valence-corrected chi connectivity index (χ2v) is 6.43. The lowest BCUT2D eigenvalue weighted by atomic mass is 10.3. The highest BCUT2D eigenvalue weighted by atomic mass is 32.2. The number of nitrogens with one attached hydrogen (secondary N) is 2. The summed E-state index contributed by atoms with van der Waals surface area (Å²) < 4.78 is 39.9. The number of sulfonamides is 1. The lowest BCUT2D eigenvalue weighted by Crippen LogP contribution is -2.45.